The first kappa shape index (κ1) is 27.3. The Labute approximate surface area is 213 Å². The summed E-state index contributed by atoms with van der Waals surface area (Å²) in [6, 6.07) is 8.86. The van der Waals surface area contributed by atoms with Crippen molar-refractivity contribution in [1.82, 2.24) is 25.2 Å². The molecule has 0 saturated heterocycles. The van der Waals surface area contributed by atoms with Crippen molar-refractivity contribution in [3.05, 3.63) is 47.8 Å². The van der Waals surface area contributed by atoms with E-state index >= 15 is 0 Å². The number of nitriles is 1. The number of aromatic nitrogens is 3. The molecule has 3 rings (SSSR count). The van der Waals surface area contributed by atoms with Crippen LogP contribution >= 0.6 is 0 Å². The third kappa shape index (κ3) is 7.36. The van der Waals surface area contributed by atoms with Gasteiger partial charge in [-0.3, -0.25) is 9.78 Å². The highest BCUT2D eigenvalue weighted by molar-refractivity contribution is 6.00. The van der Waals surface area contributed by atoms with Crippen molar-refractivity contribution in [2.45, 2.75) is 52.2 Å². The quantitative estimate of drug-likeness (QED) is 0.415. The Bertz CT molecular complexity index is 1340. The minimum absolute atomic E-state index is 0.0679. The normalized spacial score (nSPS) is 11.8. The molecule has 0 bridgehead atoms. The second kappa shape index (κ2) is 10.8. The van der Waals surface area contributed by atoms with Crippen molar-refractivity contribution in [1.29, 1.82) is 5.26 Å². The Balaban J connectivity index is 1.76. The van der Waals surface area contributed by atoms with E-state index in [1.54, 1.807) is 49.6 Å². The zero-order valence-electron chi connectivity index (χ0n) is 21.2. The first-order valence-electron chi connectivity index (χ1n) is 11.6. The molecule has 0 aliphatic carbocycles. The van der Waals surface area contributed by atoms with Crippen molar-refractivity contribution in [3.63, 3.8) is 0 Å². The van der Waals surface area contributed by atoms with E-state index < -0.39 is 36.6 Å². The summed E-state index contributed by atoms with van der Waals surface area (Å²) in [5, 5.41) is 20.7. The van der Waals surface area contributed by atoms with Crippen LogP contribution in [0.4, 0.5) is 19.3 Å². The van der Waals surface area contributed by atoms with E-state index in [1.165, 1.54) is 12.4 Å². The summed E-state index contributed by atoms with van der Waals surface area (Å²) in [6.07, 6.45) is 1.76. The molecule has 196 valence electrons. The number of alkyl carbamates (subject to hydrolysis) is 1. The summed E-state index contributed by atoms with van der Waals surface area (Å²) < 4.78 is 35.2. The topological polar surface area (TPSA) is 133 Å². The highest BCUT2D eigenvalue weighted by atomic mass is 19.3. The lowest BCUT2D eigenvalue weighted by Crippen LogP contribution is -2.46. The van der Waals surface area contributed by atoms with Gasteiger partial charge in [0.05, 0.1) is 53.0 Å². The third-order valence-electron chi connectivity index (χ3n) is 4.88. The van der Waals surface area contributed by atoms with E-state index in [-0.39, 0.29) is 11.6 Å². The summed E-state index contributed by atoms with van der Waals surface area (Å²) >= 11 is 0. The molecule has 3 N–H and O–H groups in total. The van der Waals surface area contributed by atoms with Crippen molar-refractivity contribution in [2.75, 3.05) is 18.4 Å². The molecule has 0 fully saturated rings. The Morgan fingerprint density at radius 2 is 1.84 bits per heavy atom. The van der Waals surface area contributed by atoms with E-state index in [1.807, 2.05) is 25.2 Å². The molecule has 3 heterocycles. The van der Waals surface area contributed by atoms with Crippen LogP contribution in [0.5, 0.6) is 0 Å². The number of hydrogen-bond acceptors (Lipinski definition) is 7. The molecule has 0 saturated carbocycles. The molecule has 0 spiro atoms. The van der Waals surface area contributed by atoms with E-state index in [0.717, 1.165) is 0 Å². The molecular weight excluding hydrogens is 484 g/mol. The van der Waals surface area contributed by atoms with Gasteiger partial charge in [0.15, 0.2) is 0 Å². The smallest absolute Gasteiger partial charge is 0.407 e. The molecule has 2 amide bonds. The molecule has 3 aromatic rings. The molecule has 0 aliphatic heterocycles. The number of nitrogens with zero attached hydrogens (tertiary/aromatic N) is 4. The molecule has 0 aromatic carbocycles. The first-order chi connectivity index (χ1) is 17.3. The number of alkyl halides is 2. The van der Waals surface area contributed by atoms with Gasteiger partial charge in [-0.1, -0.05) is 0 Å². The van der Waals surface area contributed by atoms with Crippen LogP contribution in [0.25, 0.3) is 16.9 Å². The van der Waals surface area contributed by atoms with Gasteiger partial charge < -0.3 is 20.7 Å². The second-order valence-corrected chi connectivity index (χ2v) is 9.72. The first-order valence-corrected chi connectivity index (χ1v) is 11.6. The third-order valence-corrected chi connectivity index (χ3v) is 4.88. The van der Waals surface area contributed by atoms with Crippen molar-refractivity contribution in [2.24, 2.45) is 0 Å². The van der Waals surface area contributed by atoms with Gasteiger partial charge in [0.25, 0.3) is 11.8 Å². The lowest BCUT2D eigenvalue weighted by molar-refractivity contribution is -0.00285. The number of carbonyl (C=O) groups excluding carboxylic acids is 2. The fraction of sp³-hybridized carbons (Fsp3) is 0.400. The van der Waals surface area contributed by atoms with E-state index in [2.05, 4.69) is 20.7 Å². The highest BCUT2D eigenvalue weighted by Gasteiger charge is 2.31. The van der Waals surface area contributed by atoms with Crippen molar-refractivity contribution < 1.29 is 23.1 Å². The van der Waals surface area contributed by atoms with Gasteiger partial charge in [-0.05, 0) is 58.9 Å². The standard InChI is InChI=1S/C25H29F2N7O3/c1-15(2)33-19-9-20(21-7-6-17-8-16(10-28)11-32-34(17)21)29-12-18(19)22(35)30-13-25(26,27)14-31-23(36)37-24(3,4)5/h6-9,11-12,15H,13-14H2,1-5H3,(H,29,33)(H,30,35)(H,31,36). The SMILES string of the molecule is CC(C)Nc1cc(-c2ccc3cc(C#N)cnn23)ncc1C(=O)NCC(F)(F)CNC(=O)OC(C)(C)C. The van der Waals surface area contributed by atoms with Gasteiger partial charge >= 0.3 is 6.09 Å². The average molecular weight is 514 g/mol. The maximum Gasteiger partial charge on any atom is 0.407 e. The average Bonchev–Trinajstić information content (AvgIpc) is 3.23. The number of rotatable bonds is 8. The zero-order valence-corrected chi connectivity index (χ0v) is 21.2. The number of hydrogen-bond donors (Lipinski definition) is 3. The van der Waals surface area contributed by atoms with Crippen LogP contribution in [0.15, 0.2) is 36.7 Å². The molecular formula is C25H29F2N7O3. The van der Waals surface area contributed by atoms with Crippen molar-refractivity contribution in [3.8, 4) is 17.5 Å². The van der Waals surface area contributed by atoms with Crippen LogP contribution in [-0.2, 0) is 4.74 Å². The van der Waals surface area contributed by atoms with E-state index in [4.69, 9.17) is 10.00 Å². The fourth-order valence-electron chi connectivity index (χ4n) is 3.34. The highest BCUT2D eigenvalue weighted by Crippen LogP contribution is 2.26. The number of anilines is 1. The molecule has 0 radical (unpaired) electrons. The number of fused-ring (bicyclic) bond motifs is 1. The summed E-state index contributed by atoms with van der Waals surface area (Å²) in [5.74, 6) is -4.17. The van der Waals surface area contributed by atoms with Gasteiger partial charge in [0.2, 0.25) is 0 Å². The van der Waals surface area contributed by atoms with Crippen molar-refractivity contribution >= 4 is 23.2 Å². The molecule has 10 nitrogen and oxygen atoms in total. The van der Waals surface area contributed by atoms with Crippen LogP contribution in [0.1, 0.15) is 50.5 Å². The number of nitrogens with one attached hydrogen (secondary N) is 3. The van der Waals surface area contributed by atoms with Gasteiger partial charge in [-0.15, -0.1) is 0 Å². The molecule has 0 aliphatic rings. The fourth-order valence-corrected chi connectivity index (χ4v) is 3.34. The zero-order chi connectivity index (χ0) is 27.4. The monoisotopic (exact) mass is 513 g/mol. The Hall–Kier alpha value is -4.27. The van der Waals surface area contributed by atoms with Gasteiger partial charge in [0, 0.05) is 12.2 Å². The van der Waals surface area contributed by atoms with Crippen LogP contribution in [-0.4, -0.2) is 57.3 Å². The lowest BCUT2D eigenvalue weighted by Gasteiger charge is -2.22. The molecule has 12 heteroatoms. The minimum atomic E-state index is -3.41. The molecule has 37 heavy (non-hydrogen) atoms. The Morgan fingerprint density at radius 1 is 1.14 bits per heavy atom. The van der Waals surface area contributed by atoms with Crippen LogP contribution in [0.2, 0.25) is 0 Å². The number of halogens is 2. The van der Waals surface area contributed by atoms with Gasteiger partial charge in [-0.2, -0.15) is 10.4 Å². The maximum absolute atomic E-state index is 14.3. The van der Waals surface area contributed by atoms with E-state index in [0.29, 0.717) is 28.2 Å². The summed E-state index contributed by atoms with van der Waals surface area (Å²) in [6.45, 7) is 6.59. The van der Waals surface area contributed by atoms with Crippen LogP contribution < -0.4 is 16.0 Å². The van der Waals surface area contributed by atoms with Crippen LogP contribution in [0.3, 0.4) is 0 Å². The maximum atomic E-state index is 14.3. The predicted octanol–water partition coefficient (Wildman–Crippen LogP) is 3.98. The van der Waals surface area contributed by atoms with Crippen LogP contribution in [0, 0.1) is 11.3 Å². The Kier molecular flexibility index (Phi) is 7.96. The summed E-state index contributed by atoms with van der Waals surface area (Å²) in [7, 11) is 0. The Morgan fingerprint density at radius 3 is 2.49 bits per heavy atom. The second-order valence-electron chi connectivity index (χ2n) is 9.72. The number of pyridine rings is 1. The largest absolute Gasteiger partial charge is 0.444 e. The van der Waals surface area contributed by atoms with E-state index in [9.17, 15) is 18.4 Å². The minimum Gasteiger partial charge on any atom is -0.444 e. The number of carbonyl (C=O) groups is 2. The molecule has 3 aromatic heterocycles. The van der Waals surface area contributed by atoms with Gasteiger partial charge in [0.1, 0.15) is 11.7 Å². The lowest BCUT2D eigenvalue weighted by atomic mass is 10.1. The summed E-state index contributed by atoms with van der Waals surface area (Å²) in [4.78, 5) is 28.8. The number of amides is 2. The molecule has 0 unspecified atom stereocenters. The summed E-state index contributed by atoms with van der Waals surface area (Å²) in [5.41, 5.74) is 1.87. The molecule has 0 atom stereocenters. The number of ether oxygens (including phenoxy) is 1. The van der Waals surface area contributed by atoms with Gasteiger partial charge in [-0.25, -0.2) is 18.1 Å². The predicted molar refractivity (Wildman–Crippen MR) is 133 cm³/mol.